The first kappa shape index (κ1) is 19.4. The highest BCUT2D eigenvalue weighted by atomic mass is 32.1. The van der Waals surface area contributed by atoms with Gasteiger partial charge in [-0.15, -0.1) is 11.3 Å². The molecule has 0 atom stereocenters. The van der Waals surface area contributed by atoms with Gasteiger partial charge < -0.3 is 14.4 Å². The number of hydrogen-bond acceptors (Lipinski definition) is 6. The number of hydrogen-bond donors (Lipinski definition) is 0. The Morgan fingerprint density at radius 1 is 1.22 bits per heavy atom. The Labute approximate surface area is 163 Å². The molecule has 0 spiro atoms. The van der Waals surface area contributed by atoms with E-state index in [1.165, 1.54) is 0 Å². The van der Waals surface area contributed by atoms with Crippen molar-refractivity contribution in [3.63, 3.8) is 0 Å². The smallest absolute Gasteiger partial charge is 0.309 e. The quantitative estimate of drug-likeness (QED) is 0.709. The highest BCUT2D eigenvalue weighted by Crippen LogP contribution is 2.22. The van der Waals surface area contributed by atoms with Gasteiger partial charge in [0.1, 0.15) is 12.4 Å². The van der Waals surface area contributed by atoms with Crippen molar-refractivity contribution in [1.82, 2.24) is 9.88 Å². The second-order valence-electron chi connectivity index (χ2n) is 6.49. The molecular formula is C20H24N2O4S. The standard InChI is InChI=1S/C20H24N2O4S/c1-3-25-20(24)16-8-10-22(11-9-16)19(23)15-4-6-18(7-5-15)26-12-17-13-27-14(2)21-17/h4-7,13,16H,3,8-12H2,1-2H3. The molecule has 1 aliphatic heterocycles. The number of nitrogens with zero attached hydrogens (tertiary/aromatic N) is 2. The Hall–Kier alpha value is -2.41. The zero-order valence-electron chi connectivity index (χ0n) is 15.6. The molecule has 144 valence electrons. The summed E-state index contributed by atoms with van der Waals surface area (Å²) in [6.45, 7) is 5.73. The van der Waals surface area contributed by atoms with Crippen molar-refractivity contribution >= 4 is 23.2 Å². The van der Waals surface area contributed by atoms with Gasteiger partial charge in [0.25, 0.3) is 5.91 Å². The van der Waals surface area contributed by atoms with Crippen LogP contribution in [0.1, 0.15) is 40.8 Å². The molecule has 1 amide bonds. The lowest BCUT2D eigenvalue weighted by Gasteiger charge is -2.31. The van der Waals surface area contributed by atoms with E-state index in [2.05, 4.69) is 4.98 Å². The lowest BCUT2D eigenvalue weighted by Crippen LogP contribution is -2.40. The van der Waals surface area contributed by atoms with E-state index in [0.29, 0.717) is 50.5 Å². The monoisotopic (exact) mass is 388 g/mol. The molecule has 2 heterocycles. The number of amides is 1. The molecular weight excluding hydrogens is 364 g/mol. The van der Waals surface area contributed by atoms with E-state index in [1.54, 1.807) is 40.5 Å². The molecule has 7 heteroatoms. The summed E-state index contributed by atoms with van der Waals surface area (Å²) in [6, 6.07) is 7.17. The van der Waals surface area contributed by atoms with Crippen molar-refractivity contribution in [2.24, 2.45) is 5.92 Å². The number of carbonyl (C=O) groups is 2. The normalized spacial score (nSPS) is 14.8. The molecule has 3 rings (SSSR count). The number of piperidine rings is 1. The Bertz CT molecular complexity index is 780. The zero-order valence-corrected chi connectivity index (χ0v) is 16.5. The van der Waals surface area contributed by atoms with Crippen molar-refractivity contribution in [2.45, 2.75) is 33.3 Å². The number of rotatable bonds is 6. The minimum Gasteiger partial charge on any atom is -0.487 e. The van der Waals surface area contributed by atoms with Crippen LogP contribution in [0.25, 0.3) is 0 Å². The predicted molar refractivity (Wildman–Crippen MR) is 103 cm³/mol. The maximum atomic E-state index is 12.7. The number of aryl methyl sites for hydroxylation is 1. The summed E-state index contributed by atoms with van der Waals surface area (Å²) in [5.41, 5.74) is 1.53. The van der Waals surface area contributed by atoms with Gasteiger partial charge in [-0.25, -0.2) is 4.98 Å². The number of thiazole rings is 1. The molecule has 0 radical (unpaired) electrons. The predicted octanol–water partition coefficient (Wildman–Crippen LogP) is 3.45. The molecule has 1 fully saturated rings. The molecule has 2 aromatic rings. The highest BCUT2D eigenvalue weighted by molar-refractivity contribution is 7.09. The van der Waals surface area contributed by atoms with E-state index >= 15 is 0 Å². The lowest BCUT2D eigenvalue weighted by atomic mass is 9.96. The third-order valence-electron chi connectivity index (χ3n) is 4.56. The van der Waals surface area contributed by atoms with Crippen molar-refractivity contribution in [3.05, 3.63) is 45.9 Å². The molecule has 1 aromatic heterocycles. The first-order valence-corrected chi connectivity index (χ1v) is 10.0. The van der Waals surface area contributed by atoms with Gasteiger partial charge in [-0.1, -0.05) is 0 Å². The SMILES string of the molecule is CCOC(=O)C1CCN(C(=O)c2ccc(OCc3csc(C)n3)cc2)CC1. The van der Waals surface area contributed by atoms with Crippen molar-refractivity contribution in [1.29, 1.82) is 0 Å². The summed E-state index contributed by atoms with van der Waals surface area (Å²) in [5, 5.41) is 2.99. The molecule has 6 nitrogen and oxygen atoms in total. The van der Waals surface area contributed by atoms with Gasteiger partial charge in [-0.05, 0) is 51.0 Å². The maximum Gasteiger partial charge on any atom is 0.309 e. The first-order valence-electron chi connectivity index (χ1n) is 9.16. The van der Waals surface area contributed by atoms with Crippen LogP contribution in [0.5, 0.6) is 5.75 Å². The Morgan fingerprint density at radius 2 is 1.93 bits per heavy atom. The van der Waals surface area contributed by atoms with Gasteiger partial charge >= 0.3 is 5.97 Å². The summed E-state index contributed by atoms with van der Waals surface area (Å²) in [6.07, 6.45) is 1.30. The lowest BCUT2D eigenvalue weighted by molar-refractivity contribution is -0.149. The topological polar surface area (TPSA) is 68.7 Å². The largest absolute Gasteiger partial charge is 0.487 e. The van der Waals surface area contributed by atoms with E-state index in [-0.39, 0.29) is 17.8 Å². The minimum absolute atomic E-state index is 0.0148. The van der Waals surface area contributed by atoms with Gasteiger partial charge in [-0.3, -0.25) is 9.59 Å². The number of aromatic nitrogens is 1. The van der Waals surface area contributed by atoms with E-state index in [9.17, 15) is 9.59 Å². The van der Waals surface area contributed by atoms with Crippen molar-refractivity contribution < 1.29 is 19.1 Å². The molecule has 0 bridgehead atoms. The molecule has 1 aromatic carbocycles. The minimum atomic E-state index is -0.151. The van der Waals surface area contributed by atoms with E-state index in [1.807, 2.05) is 19.2 Å². The van der Waals surface area contributed by atoms with Gasteiger partial charge in [-0.2, -0.15) is 0 Å². The average molecular weight is 388 g/mol. The number of likely N-dealkylation sites (tertiary alicyclic amines) is 1. The highest BCUT2D eigenvalue weighted by Gasteiger charge is 2.28. The van der Waals surface area contributed by atoms with Crippen LogP contribution < -0.4 is 4.74 Å². The Morgan fingerprint density at radius 3 is 2.52 bits per heavy atom. The van der Waals surface area contributed by atoms with E-state index in [4.69, 9.17) is 9.47 Å². The number of carbonyl (C=O) groups excluding carboxylic acids is 2. The summed E-state index contributed by atoms with van der Waals surface area (Å²) < 4.78 is 10.8. The van der Waals surface area contributed by atoms with Gasteiger partial charge in [0.05, 0.1) is 23.2 Å². The fourth-order valence-electron chi connectivity index (χ4n) is 3.09. The molecule has 0 N–H and O–H groups in total. The van der Waals surface area contributed by atoms with Crippen LogP contribution in [0.4, 0.5) is 0 Å². The van der Waals surface area contributed by atoms with Crippen LogP contribution in [0.2, 0.25) is 0 Å². The number of ether oxygens (including phenoxy) is 2. The molecule has 27 heavy (non-hydrogen) atoms. The third kappa shape index (κ3) is 5.07. The number of benzene rings is 1. The van der Waals surface area contributed by atoms with Gasteiger partial charge in [0, 0.05) is 24.0 Å². The van der Waals surface area contributed by atoms with E-state index in [0.717, 1.165) is 10.7 Å². The average Bonchev–Trinajstić information content (AvgIpc) is 3.12. The number of esters is 1. The van der Waals surface area contributed by atoms with Crippen LogP contribution >= 0.6 is 11.3 Å². The van der Waals surface area contributed by atoms with E-state index < -0.39 is 0 Å². The Balaban J connectivity index is 1.51. The molecule has 1 aliphatic rings. The van der Waals surface area contributed by atoms with Crippen LogP contribution in [0, 0.1) is 12.8 Å². The molecule has 0 aliphatic carbocycles. The van der Waals surface area contributed by atoms with Gasteiger partial charge in [0.15, 0.2) is 0 Å². The summed E-state index contributed by atoms with van der Waals surface area (Å²) in [5.74, 6) is 0.442. The fraction of sp³-hybridized carbons (Fsp3) is 0.450. The zero-order chi connectivity index (χ0) is 19.2. The van der Waals surface area contributed by atoms with Crippen LogP contribution in [-0.4, -0.2) is 41.5 Å². The van der Waals surface area contributed by atoms with Crippen molar-refractivity contribution in [3.8, 4) is 5.75 Å². The van der Waals surface area contributed by atoms with Crippen LogP contribution in [0.3, 0.4) is 0 Å². The summed E-state index contributed by atoms with van der Waals surface area (Å²) in [4.78, 5) is 30.6. The van der Waals surface area contributed by atoms with Crippen LogP contribution in [-0.2, 0) is 16.1 Å². The van der Waals surface area contributed by atoms with Gasteiger partial charge in [0.2, 0.25) is 0 Å². The second-order valence-corrected chi connectivity index (χ2v) is 7.55. The second kappa shape index (κ2) is 8.99. The van der Waals surface area contributed by atoms with Crippen LogP contribution in [0.15, 0.2) is 29.6 Å². The molecule has 0 unspecified atom stereocenters. The summed E-state index contributed by atoms with van der Waals surface area (Å²) >= 11 is 1.60. The molecule has 1 saturated heterocycles. The maximum absolute atomic E-state index is 12.7. The third-order valence-corrected chi connectivity index (χ3v) is 5.38. The first-order chi connectivity index (χ1) is 13.1. The van der Waals surface area contributed by atoms with Crippen molar-refractivity contribution in [2.75, 3.05) is 19.7 Å². The summed E-state index contributed by atoms with van der Waals surface area (Å²) in [7, 11) is 0. The fourth-order valence-corrected chi connectivity index (χ4v) is 3.68. The molecule has 0 saturated carbocycles. The Kier molecular flexibility index (Phi) is 6.45.